The van der Waals surface area contributed by atoms with Crippen molar-refractivity contribution in [1.82, 2.24) is 19.9 Å². The van der Waals surface area contributed by atoms with Gasteiger partial charge in [-0.1, -0.05) is 69.7 Å². The Hall–Kier alpha value is -4.80. The number of hydrogen-bond donors (Lipinski definition) is 6. The topological polar surface area (TPSA) is 184 Å². The van der Waals surface area contributed by atoms with Gasteiger partial charge in [0.1, 0.15) is 24.3 Å². The molecule has 15 heteroatoms. The minimum Gasteiger partial charge on any atom is -0.504 e. The first-order valence-corrected chi connectivity index (χ1v) is 23.8. The molecule has 0 fully saturated rings. The zero-order valence-corrected chi connectivity index (χ0v) is 41.3. The van der Waals surface area contributed by atoms with Gasteiger partial charge in [0, 0.05) is 56.4 Å². The van der Waals surface area contributed by atoms with Crippen LogP contribution in [-0.4, -0.2) is 79.0 Å². The number of fused-ring (bicyclic) bond motifs is 2. The van der Waals surface area contributed by atoms with Crippen molar-refractivity contribution in [3.63, 3.8) is 0 Å². The number of benzene rings is 4. The maximum Gasteiger partial charge on any atom is 0.162 e. The Kier molecular flexibility index (Phi) is 17.3. The minimum atomic E-state index is -0.607. The number of methoxy groups -OCH3 is 2. The van der Waals surface area contributed by atoms with Crippen molar-refractivity contribution in [1.29, 1.82) is 0 Å². The number of aliphatic hydroxyl groups is 2. The Morgan fingerprint density at radius 1 is 0.569 bits per heavy atom. The number of nitrogens with zero attached hydrogens (tertiary/aromatic N) is 4. The van der Waals surface area contributed by atoms with Crippen LogP contribution < -0.4 is 20.1 Å². The van der Waals surface area contributed by atoms with Crippen LogP contribution in [0.3, 0.4) is 0 Å². The lowest BCUT2D eigenvalue weighted by atomic mass is 9.77. The van der Waals surface area contributed by atoms with E-state index in [-0.39, 0.29) is 36.5 Å². The van der Waals surface area contributed by atoms with Crippen LogP contribution >= 0.6 is 31.9 Å². The maximum atomic E-state index is 10.7. The normalized spacial score (nSPS) is 13.0. The fraction of sp³-hybridized carbons (Fsp3) is 0.440. The minimum absolute atomic E-state index is 0.00186. The molecule has 2 unspecified atom stereocenters. The van der Waals surface area contributed by atoms with Crippen molar-refractivity contribution in [3.8, 4) is 23.0 Å². The molecule has 0 spiro atoms. The number of anilines is 4. The second kappa shape index (κ2) is 22.6. The summed E-state index contributed by atoms with van der Waals surface area (Å²) in [5, 5.41) is 49.1. The van der Waals surface area contributed by atoms with Gasteiger partial charge < -0.3 is 45.3 Å². The molecule has 0 saturated heterocycles. The lowest BCUT2D eigenvalue weighted by Gasteiger charge is -2.45. The van der Waals surface area contributed by atoms with E-state index in [1.807, 2.05) is 24.3 Å². The Balaban J connectivity index is 1.31. The molecular formula is C50H62Br2N6O7. The lowest BCUT2D eigenvalue weighted by molar-refractivity contribution is -0.175. The van der Waals surface area contributed by atoms with E-state index in [0.29, 0.717) is 57.8 Å². The number of aromatic hydroxyl groups is 2. The average molecular weight is 1020 g/mol. The van der Waals surface area contributed by atoms with Crippen molar-refractivity contribution in [2.24, 2.45) is 11.8 Å². The van der Waals surface area contributed by atoms with E-state index in [1.54, 1.807) is 24.3 Å². The summed E-state index contributed by atoms with van der Waals surface area (Å²) < 4.78 is 20.0. The third-order valence-electron chi connectivity index (χ3n) is 12.4. The van der Waals surface area contributed by atoms with Crippen molar-refractivity contribution in [2.45, 2.75) is 103 Å². The molecular weight excluding hydrogens is 956 g/mol. The Bertz CT molecular complexity index is 2370. The Labute approximate surface area is 398 Å². The molecule has 2 aromatic heterocycles. The fourth-order valence-corrected chi connectivity index (χ4v) is 9.46. The maximum absolute atomic E-state index is 10.7. The highest BCUT2D eigenvalue weighted by molar-refractivity contribution is 9.10. The molecule has 6 aromatic rings. The molecule has 348 valence electrons. The van der Waals surface area contributed by atoms with E-state index in [9.17, 15) is 20.4 Å². The number of phenolic OH excluding ortho intramolecular Hbond substituents is 2. The number of aromatic nitrogens is 4. The zero-order valence-electron chi connectivity index (χ0n) is 38.1. The molecule has 0 aliphatic carbocycles. The van der Waals surface area contributed by atoms with Gasteiger partial charge in [0.25, 0.3) is 0 Å². The van der Waals surface area contributed by atoms with Crippen LogP contribution in [0, 0.1) is 11.8 Å². The average Bonchev–Trinajstić information content (AvgIpc) is 3.26. The molecule has 6 N–H and O–H groups in total. The quantitative estimate of drug-likeness (QED) is 0.0315. The van der Waals surface area contributed by atoms with Gasteiger partial charge in [0.2, 0.25) is 0 Å². The number of unbranched alkanes of at least 4 members (excludes halogenated alkanes) is 4. The largest absolute Gasteiger partial charge is 0.504 e. The van der Waals surface area contributed by atoms with E-state index in [2.05, 4.69) is 102 Å². The smallest absolute Gasteiger partial charge is 0.162 e. The summed E-state index contributed by atoms with van der Waals surface area (Å²) in [7, 11) is 3.02. The van der Waals surface area contributed by atoms with Gasteiger partial charge in [-0.25, -0.2) is 19.9 Å². The van der Waals surface area contributed by atoms with Crippen molar-refractivity contribution in [3.05, 3.63) is 93.4 Å². The first kappa shape index (κ1) is 49.6. The van der Waals surface area contributed by atoms with Gasteiger partial charge >= 0.3 is 0 Å². The van der Waals surface area contributed by atoms with Gasteiger partial charge in [-0.3, -0.25) is 0 Å². The predicted octanol–water partition coefficient (Wildman–Crippen LogP) is 11.7. The first-order chi connectivity index (χ1) is 31.2. The summed E-state index contributed by atoms with van der Waals surface area (Å²) in [6.45, 7) is 9.11. The molecule has 0 aliphatic rings. The number of halogens is 2. The predicted molar refractivity (Wildman–Crippen MR) is 265 cm³/mol. The number of nitrogens with one attached hydrogen (secondary N) is 2. The molecule has 0 radical (unpaired) electrons. The molecule has 0 saturated carbocycles. The Morgan fingerprint density at radius 3 is 1.37 bits per heavy atom. The second-order valence-electron chi connectivity index (χ2n) is 17.6. The highest BCUT2D eigenvalue weighted by Crippen LogP contribution is 2.42. The summed E-state index contributed by atoms with van der Waals surface area (Å²) in [4.78, 5) is 18.0. The van der Waals surface area contributed by atoms with Gasteiger partial charge in [-0.05, 0) is 126 Å². The second-order valence-corrected chi connectivity index (χ2v) is 19.5. The van der Waals surface area contributed by atoms with Gasteiger partial charge in [-0.2, -0.15) is 0 Å². The molecule has 0 aliphatic heterocycles. The summed E-state index contributed by atoms with van der Waals surface area (Å²) in [5.41, 5.74) is 3.94. The van der Waals surface area contributed by atoms with Crippen molar-refractivity contribution < 1.29 is 34.6 Å². The van der Waals surface area contributed by atoms with Crippen LogP contribution in [0.5, 0.6) is 23.0 Å². The van der Waals surface area contributed by atoms with Gasteiger partial charge in [-0.15, -0.1) is 0 Å². The summed E-state index contributed by atoms with van der Waals surface area (Å²) in [5.74, 6) is 1.91. The van der Waals surface area contributed by atoms with E-state index >= 15 is 0 Å². The van der Waals surface area contributed by atoms with E-state index in [4.69, 9.17) is 14.2 Å². The summed E-state index contributed by atoms with van der Waals surface area (Å²) in [6, 6.07) is 19.1. The molecule has 4 aromatic carbocycles. The molecule has 0 amide bonds. The molecule has 2 heterocycles. The first-order valence-electron chi connectivity index (χ1n) is 22.2. The van der Waals surface area contributed by atoms with Gasteiger partial charge in [0.15, 0.2) is 23.0 Å². The molecule has 65 heavy (non-hydrogen) atoms. The van der Waals surface area contributed by atoms with Gasteiger partial charge in [0.05, 0.1) is 36.5 Å². The summed E-state index contributed by atoms with van der Waals surface area (Å²) >= 11 is 7.39. The monoisotopic (exact) mass is 1020 g/mol. The van der Waals surface area contributed by atoms with Crippen molar-refractivity contribution >= 4 is 76.7 Å². The van der Waals surface area contributed by atoms with E-state index in [1.165, 1.54) is 26.9 Å². The number of aliphatic hydroxyl groups excluding tert-OH is 2. The highest BCUT2D eigenvalue weighted by atomic mass is 79.9. The van der Waals surface area contributed by atoms with Crippen LogP contribution in [0.15, 0.2) is 82.3 Å². The lowest BCUT2D eigenvalue weighted by Crippen LogP contribution is -2.47. The van der Waals surface area contributed by atoms with Crippen LogP contribution in [0.1, 0.15) is 90.2 Å². The van der Waals surface area contributed by atoms with Crippen LogP contribution in [0.4, 0.5) is 23.0 Å². The van der Waals surface area contributed by atoms with Crippen LogP contribution in [0.25, 0.3) is 21.8 Å². The molecule has 2 atom stereocenters. The van der Waals surface area contributed by atoms with Crippen molar-refractivity contribution in [2.75, 3.05) is 38.1 Å². The zero-order chi connectivity index (χ0) is 46.7. The third-order valence-corrected chi connectivity index (χ3v) is 13.4. The molecule has 0 bridgehead atoms. The Morgan fingerprint density at radius 2 is 0.985 bits per heavy atom. The molecule has 6 rings (SSSR count). The SMILES string of the molecule is COc1cc2ncnc(Nc3cc(Br)ccc3CC(CCCCCO)C(C)(C)OC(C)(C)C(CCCCCO)Cc3ccc(Br)cc3Nc3ncnc4cc(OC)c(O)cc34)c2cc1O. The fourth-order valence-electron chi connectivity index (χ4n) is 8.74. The van der Waals surface area contributed by atoms with Crippen LogP contribution in [-0.2, 0) is 17.6 Å². The van der Waals surface area contributed by atoms with Crippen LogP contribution in [0.2, 0.25) is 0 Å². The third kappa shape index (κ3) is 12.8. The molecule has 13 nitrogen and oxygen atoms in total. The number of rotatable bonds is 24. The number of phenols is 2. The standard InChI is InChI=1S/C50H62Br2N6O7/c1-49(2,33(13-9-7-11-19-59)21-31-15-17-35(51)23-39(31)57-47-37-25-43(61)45(63-5)27-41(37)53-29-55-47)65-50(3,4)34(14-10-8-12-20-60)22-32-16-18-36(52)24-40(32)58-48-38-26-44(62)46(64-6)28-42(38)54-30-56-48/h15-18,23-30,33-34,59-62H,7-14,19-22H2,1-6H3,(H,53,55,57)(H,54,56,58). The number of ether oxygens (including phenoxy) is 3. The number of hydrogen-bond acceptors (Lipinski definition) is 13. The van der Waals surface area contributed by atoms with E-state index in [0.717, 1.165) is 82.8 Å². The summed E-state index contributed by atoms with van der Waals surface area (Å²) in [6.07, 6.45) is 11.3. The van der Waals surface area contributed by atoms with E-state index < -0.39 is 11.2 Å². The highest BCUT2D eigenvalue weighted by Gasteiger charge is 2.40.